The molecule has 0 aromatic heterocycles. The Kier molecular flexibility index (Phi) is 4.95. The van der Waals surface area contributed by atoms with Crippen molar-refractivity contribution in [1.29, 1.82) is 0 Å². The Morgan fingerprint density at radius 2 is 2.00 bits per heavy atom. The number of carbonyl (C=O) groups is 1. The summed E-state index contributed by atoms with van der Waals surface area (Å²) in [4.78, 5) is 11.5. The Balaban J connectivity index is 2.67. The van der Waals surface area contributed by atoms with Crippen molar-refractivity contribution in [1.82, 2.24) is 5.32 Å². The molecule has 0 heterocycles. The van der Waals surface area contributed by atoms with Gasteiger partial charge in [-0.15, -0.1) is 0 Å². The van der Waals surface area contributed by atoms with Crippen LogP contribution in [0.3, 0.4) is 0 Å². The number of nitrogens with one attached hydrogen (secondary N) is 1. The average Bonchev–Trinajstić information content (AvgIpc) is 2.39. The van der Waals surface area contributed by atoms with E-state index in [0.717, 1.165) is 25.7 Å². The van der Waals surface area contributed by atoms with Crippen molar-refractivity contribution in [2.75, 3.05) is 20.3 Å². The van der Waals surface area contributed by atoms with Crippen molar-refractivity contribution in [2.24, 2.45) is 5.41 Å². The van der Waals surface area contributed by atoms with E-state index < -0.39 is 11.5 Å². The van der Waals surface area contributed by atoms with Crippen LogP contribution in [0.25, 0.3) is 0 Å². The Morgan fingerprint density at radius 1 is 1.29 bits per heavy atom. The van der Waals surface area contributed by atoms with Crippen LogP contribution in [-0.2, 0) is 9.53 Å². The molecule has 1 fully saturated rings. The standard InChI is InChI=1S/C13H25NO3/c1-12(2)5-4-6-13(8-7-12,11(15)16)14-9-10-17-3/h14H,4-10H2,1-3H3,(H,15,16). The summed E-state index contributed by atoms with van der Waals surface area (Å²) in [5, 5.41) is 12.7. The normalized spacial score (nSPS) is 28.6. The minimum atomic E-state index is -0.744. The van der Waals surface area contributed by atoms with Crippen molar-refractivity contribution in [3.05, 3.63) is 0 Å². The number of hydrogen-bond donors (Lipinski definition) is 2. The highest BCUT2D eigenvalue weighted by Gasteiger charge is 2.41. The molecule has 0 radical (unpaired) electrons. The molecule has 4 heteroatoms. The molecule has 0 aromatic carbocycles. The quantitative estimate of drug-likeness (QED) is 0.573. The van der Waals surface area contributed by atoms with E-state index in [-0.39, 0.29) is 5.41 Å². The first-order valence-corrected chi connectivity index (χ1v) is 6.39. The lowest BCUT2D eigenvalue weighted by Crippen LogP contribution is -2.52. The molecule has 1 saturated carbocycles. The smallest absolute Gasteiger partial charge is 0.323 e. The van der Waals surface area contributed by atoms with Gasteiger partial charge < -0.3 is 9.84 Å². The molecule has 0 spiro atoms. The molecular weight excluding hydrogens is 218 g/mol. The van der Waals surface area contributed by atoms with Crippen molar-refractivity contribution in [3.8, 4) is 0 Å². The summed E-state index contributed by atoms with van der Waals surface area (Å²) in [6.07, 6.45) is 4.46. The van der Waals surface area contributed by atoms with Gasteiger partial charge in [0.25, 0.3) is 0 Å². The summed E-state index contributed by atoms with van der Waals surface area (Å²) in [6, 6.07) is 0. The number of carboxylic acid groups (broad SMARTS) is 1. The maximum Gasteiger partial charge on any atom is 0.323 e. The van der Waals surface area contributed by atoms with Crippen LogP contribution in [0.15, 0.2) is 0 Å². The number of hydrogen-bond acceptors (Lipinski definition) is 3. The number of rotatable bonds is 5. The minimum Gasteiger partial charge on any atom is -0.480 e. The SMILES string of the molecule is COCCNC1(C(=O)O)CCCC(C)(C)CC1. The molecule has 1 aliphatic rings. The Morgan fingerprint density at radius 3 is 2.59 bits per heavy atom. The molecule has 100 valence electrons. The maximum absolute atomic E-state index is 11.5. The van der Waals surface area contributed by atoms with Crippen LogP contribution in [0.2, 0.25) is 0 Å². The molecule has 4 nitrogen and oxygen atoms in total. The summed E-state index contributed by atoms with van der Waals surface area (Å²) < 4.78 is 4.97. The predicted octanol–water partition coefficient (Wildman–Crippen LogP) is 2.04. The monoisotopic (exact) mass is 243 g/mol. The van der Waals surface area contributed by atoms with Crippen LogP contribution in [0.5, 0.6) is 0 Å². The summed E-state index contributed by atoms with van der Waals surface area (Å²) in [6.45, 7) is 5.60. The molecule has 0 aliphatic heterocycles. The van der Waals surface area contributed by atoms with E-state index in [0.29, 0.717) is 19.6 Å². The van der Waals surface area contributed by atoms with Crippen LogP contribution < -0.4 is 5.32 Å². The second-order valence-corrected chi connectivity index (χ2v) is 5.82. The van der Waals surface area contributed by atoms with Gasteiger partial charge in [-0.3, -0.25) is 10.1 Å². The molecular formula is C13H25NO3. The van der Waals surface area contributed by atoms with Gasteiger partial charge in [-0.1, -0.05) is 20.3 Å². The van der Waals surface area contributed by atoms with Crippen molar-refractivity contribution >= 4 is 5.97 Å². The fraction of sp³-hybridized carbons (Fsp3) is 0.923. The lowest BCUT2D eigenvalue weighted by Gasteiger charge is -2.30. The predicted molar refractivity (Wildman–Crippen MR) is 67.1 cm³/mol. The van der Waals surface area contributed by atoms with Crippen molar-refractivity contribution in [2.45, 2.75) is 51.5 Å². The molecule has 1 rings (SSSR count). The van der Waals surface area contributed by atoms with Gasteiger partial charge in [0.1, 0.15) is 5.54 Å². The zero-order chi connectivity index (χ0) is 12.9. The third-order valence-electron chi connectivity index (χ3n) is 3.86. The van der Waals surface area contributed by atoms with Gasteiger partial charge in [-0.25, -0.2) is 0 Å². The summed E-state index contributed by atoms with van der Waals surface area (Å²) in [7, 11) is 1.63. The zero-order valence-corrected chi connectivity index (χ0v) is 11.2. The summed E-state index contributed by atoms with van der Waals surface area (Å²) in [5.74, 6) is -0.716. The van der Waals surface area contributed by atoms with E-state index >= 15 is 0 Å². The van der Waals surface area contributed by atoms with Crippen LogP contribution >= 0.6 is 0 Å². The second-order valence-electron chi connectivity index (χ2n) is 5.82. The fourth-order valence-corrected chi connectivity index (χ4v) is 2.53. The van der Waals surface area contributed by atoms with Gasteiger partial charge in [0.15, 0.2) is 0 Å². The van der Waals surface area contributed by atoms with Crippen LogP contribution in [0.4, 0.5) is 0 Å². The second kappa shape index (κ2) is 5.83. The zero-order valence-electron chi connectivity index (χ0n) is 11.2. The highest BCUT2D eigenvalue weighted by molar-refractivity contribution is 5.78. The Bertz CT molecular complexity index is 265. The lowest BCUT2D eigenvalue weighted by atomic mass is 9.83. The van der Waals surface area contributed by atoms with E-state index in [2.05, 4.69) is 19.2 Å². The van der Waals surface area contributed by atoms with Crippen molar-refractivity contribution in [3.63, 3.8) is 0 Å². The number of carboxylic acids is 1. The van der Waals surface area contributed by atoms with Gasteiger partial charge in [-0.2, -0.15) is 0 Å². The molecule has 2 N–H and O–H groups in total. The van der Waals surface area contributed by atoms with E-state index in [4.69, 9.17) is 4.74 Å². The highest BCUT2D eigenvalue weighted by atomic mass is 16.5. The first kappa shape index (κ1) is 14.5. The molecule has 17 heavy (non-hydrogen) atoms. The third-order valence-corrected chi connectivity index (χ3v) is 3.86. The first-order chi connectivity index (χ1) is 7.92. The number of methoxy groups -OCH3 is 1. The number of ether oxygens (including phenoxy) is 1. The lowest BCUT2D eigenvalue weighted by molar-refractivity contribution is -0.145. The van der Waals surface area contributed by atoms with Gasteiger partial charge in [0.2, 0.25) is 0 Å². The largest absolute Gasteiger partial charge is 0.480 e. The topological polar surface area (TPSA) is 58.6 Å². The van der Waals surface area contributed by atoms with Crippen LogP contribution in [0, 0.1) is 5.41 Å². The minimum absolute atomic E-state index is 0.264. The van der Waals surface area contributed by atoms with E-state index in [1.807, 2.05) is 0 Å². The maximum atomic E-state index is 11.5. The number of aliphatic carboxylic acids is 1. The van der Waals surface area contributed by atoms with Gasteiger partial charge >= 0.3 is 5.97 Å². The van der Waals surface area contributed by atoms with E-state index in [1.54, 1.807) is 7.11 Å². The molecule has 1 atom stereocenters. The van der Waals surface area contributed by atoms with Crippen LogP contribution in [-0.4, -0.2) is 36.9 Å². The molecule has 0 aromatic rings. The third kappa shape index (κ3) is 3.96. The van der Waals surface area contributed by atoms with Gasteiger partial charge in [0.05, 0.1) is 6.61 Å². The Labute approximate surface area is 104 Å². The van der Waals surface area contributed by atoms with Gasteiger partial charge in [-0.05, 0) is 31.1 Å². The molecule has 0 bridgehead atoms. The molecule has 1 aliphatic carbocycles. The van der Waals surface area contributed by atoms with E-state index in [1.165, 1.54) is 0 Å². The fourth-order valence-electron chi connectivity index (χ4n) is 2.53. The van der Waals surface area contributed by atoms with E-state index in [9.17, 15) is 9.90 Å². The van der Waals surface area contributed by atoms with Gasteiger partial charge in [0, 0.05) is 13.7 Å². The highest BCUT2D eigenvalue weighted by Crippen LogP contribution is 2.38. The Hall–Kier alpha value is -0.610. The first-order valence-electron chi connectivity index (χ1n) is 6.39. The molecule has 0 amide bonds. The average molecular weight is 243 g/mol. The van der Waals surface area contributed by atoms with Crippen molar-refractivity contribution < 1.29 is 14.6 Å². The molecule has 0 saturated heterocycles. The summed E-state index contributed by atoms with van der Waals surface area (Å²) in [5.41, 5.74) is -0.480. The molecule has 1 unspecified atom stereocenters. The van der Waals surface area contributed by atoms with Crippen LogP contribution in [0.1, 0.15) is 46.0 Å². The summed E-state index contributed by atoms with van der Waals surface area (Å²) >= 11 is 0.